The minimum atomic E-state index is -3.88. The molecule has 35 heavy (non-hydrogen) atoms. The minimum Gasteiger partial charge on any atom is -0.497 e. The van der Waals surface area contributed by atoms with Crippen molar-refractivity contribution < 1.29 is 27.1 Å². The fourth-order valence-corrected chi connectivity index (χ4v) is 5.19. The number of amides is 1. The number of rotatable bonds is 8. The number of ether oxygens (including phenoxy) is 1. The predicted octanol–water partition coefficient (Wildman–Crippen LogP) is 3.44. The average molecular weight is 497 g/mol. The lowest BCUT2D eigenvalue weighted by atomic mass is 9.98. The van der Waals surface area contributed by atoms with Gasteiger partial charge in [-0.15, -0.1) is 0 Å². The molecule has 0 radical (unpaired) electrons. The molecule has 0 spiro atoms. The Balaban J connectivity index is 1.38. The van der Waals surface area contributed by atoms with Crippen molar-refractivity contribution in [2.24, 2.45) is 0 Å². The third kappa shape index (κ3) is 5.26. The molecule has 0 bridgehead atoms. The largest absolute Gasteiger partial charge is 0.497 e. The van der Waals surface area contributed by atoms with Gasteiger partial charge >= 0.3 is 0 Å². The molecule has 1 heterocycles. The van der Waals surface area contributed by atoms with Crippen LogP contribution in [0.15, 0.2) is 66.7 Å². The summed E-state index contributed by atoms with van der Waals surface area (Å²) in [6.45, 7) is 1.00. The molecular weight excluding hydrogens is 471 g/mol. The van der Waals surface area contributed by atoms with Gasteiger partial charge in [-0.3, -0.25) is 9.59 Å². The quantitative estimate of drug-likeness (QED) is 0.483. The molecule has 1 aliphatic rings. The number of methoxy groups -OCH3 is 1. The monoisotopic (exact) mass is 496 g/mol. The summed E-state index contributed by atoms with van der Waals surface area (Å²) in [6.07, 6.45) is 0. The number of hydrogen-bond donors (Lipinski definition) is 1. The molecule has 0 unspecified atom stereocenters. The number of nitrogens with zero attached hydrogens (tertiary/aromatic N) is 1. The average Bonchev–Trinajstić information content (AvgIpc) is 2.83. The van der Waals surface area contributed by atoms with Crippen molar-refractivity contribution in [3.8, 4) is 16.9 Å². The molecule has 0 atom stereocenters. The molecule has 7 nitrogen and oxygen atoms in total. The van der Waals surface area contributed by atoms with Crippen molar-refractivity contribution in [2.75, 3.05) is 26.7 Å². The van der Waals surface area contributed by atoms with Gasteiger partial charge in [-0.2, -0.15) is 0 Å². The second kappa shape index (κ2) is 9.97. The Hall–Kier alpha value is -3.56. The van der Waals surface area contributed by atoms with E-state index in [2.05, 4.69) is 4.72 Å². The Kier molecular flexibility index (Phi) is 7.00. The van der Waals surface area contributed by atoms with Crippen LogP contribution in [0.1, 0.15) is 26.3 Å². The standard InChI is InChI=1S/C26H25FN2O5S/c1-17-12-20(18-6-4-3-5-7-18)13-23(25(17)27)24(30)14-28-35(32,33)22-15-29(16-22)26(31)19-8-10-21(34-2)11-9-19/h3-13,22,28H,14-16H2,1-2H3. The molecule has 1 amide bonds. The first kappa shape index (κ1) is 24.6. The maximum atomic E-state index is 14.7. The molecule has 0 saturated carbocycles. The van der Waals surface area contributed by atoms with Crippen LogP contribution in [-0.4, -0.2) is 57.0 Å². The molecule has 1 N–H and O–H groups in total. The highest BCUT2D eigenvalue weighted by molar-refractivity contribution is 7.90. The van der Waals surface area contributed by atoms with E-state index in [1.165, 1.54) is 18.1 Å². The van der Waals surface area contributed by atoms with Gasteiger partial charge in [0.15, 0.2) is 5.78 Å². The molecule has 3 aromatic carbocycles. The summed E-state index contributed by atoms with van der Waals surface area (Å²) in [7, 11) is -2.36. The summed E-state index contributed by atoms with van der Waals surface area (Å²) in [5.74, 6) is -1.02. The van der Waals surface area contributed by atoms with E-state index in [4.69, 9.17) is 4.74 Å². The molecule has 1 saturated heterocycles. The molecule has 9 heteroatoms. The third-order valence-corrected chi connectivity index (χ3v) is 7.73. The van der Waals surface area contributed by atoms with Crippen LogP contribution >= 0.6 is 0 Å². The van der Waals surface area contributed by atoms with E-state index in [0.717, 1.165) is 5.56 Å². The Morgan fingerprint density at radius 1 is 1.03 bits per heavy atom. The van der Waals surface area contributed by atoms with E-state index in [9.17, 15) is 22.4 Å². The highest BCUT2D eigenvalue weighted by Gasteiger charge is 2.40. The first-order valence-corrected chi connectivity index (χ1v) is 12.5. The van der Waals surface area contributed by atoms with E-state index >= 15 is 0 Å². The maximum Gasteiger partial charge on any atom is 0.253 e. The zero-order chi connectivity index (χ0) is 25.2. The summed E-state index contributed by atoms with van der Waals surface area (Å²) in [5.41, 5.74) is 2.04. The van der Waals surface area contributed by atoms with Crippen molar-refractivity contribution in [3.63, 3.8) is 0 Å². The Labute approximate surface area is 203 Å². The maximum absolute atomic E-state index is 14.7. The number of Topliss-reactive ketones (excluding diaryl/α,β-unsaturated/α-hetero) is 1. The number of benzene rings is 3. The van der Waals surface area contributed by atoms with Crippen LogP contribution in [0.3, 0.4) is 0 Å². The minimum absolute atomic E-state index is 0.00531. The number of carbonyl (C=O) groups is 2. The summed E-state index contributed by atoms with van der Waals surface area (Å²) >= 11 is 0. The number of ketones is 1. The number of sulfonamides is 1. The smallest absolute Gasteiger partial charge is 0.253 e. The van der Waals surface area contributed by atoms with Crippen molar-refractivity contribution in [3.05, 3.63) is 89.2 Å². The van der Waals surface area contributed by atoms with E-state index in [1.807, 2.05) is 30.3 Å². The summed E-state index contributed by atoms with van der Waals surface area (Å²) < 4.78 is 47.4. The first-order valence-electron chi connectivity index (χ1n) is 11.0. The van der Waals surface area contributed by atoms with Crippen molar-refractivity contribution in [1.82, 2.24) is 9.62 Å². The zero-order valence-electron chi connectivity index (χ0n) is 19.3. The molecule has 182 valence electrons. The van der Waals surface area contributed by atoms with E-state index in [0.29, 0.717) is 22.4 Å². The van der Waals surface area contributed by atoms with E-state index < -0.39 is 33.4 Å². The van der Waals surface area contributed by atoms with Gasteiger partial charge in [0.05, 0.1) is 19.2 Å². The summed E-state index contributed by atoms with van der Waals surface area (Å²) in [5, 5.41) is -0.847. The van der Waals surface area contributed by atoms with Crippen LogP contribution in [0.25, 0.3) is 11.1 Å². The van der Waals surface area contributed by atoms with Gasteiger partial charge in [-0.05, 0) is 60.0 Å². The molecule has 1 fully saturated rings. The van der Waals surface area contributed by atoms with Crippen molar-refractivity contribution in [2.45, 2.75) is 12.2 Å². The topological polar surface area (TPSA) is 92.8 Å². The van der Waals surface area contributed by atoms with Crippen LogP contribution in [0, 0.1) is 12.7 Å². The Bertz CT molecular complexity index is 1350. The predicted molar refractivity (Wildman–Crippen MR) is 131 cm³/mol. The first-order chi connectivity index (χ1) is 16.7. The van der Waals surface area contributed by atoms with Crippen LogP contribution in [0.5, 0.6) is 5.75 Å². The molecule has 4 rings (SSSR count). The van der Waals surface area contributed by atoms with Crippen LogP contribution in [-0.2, 0) is 10.0 Å². The van der Waals surface area contributed by atoms with Gasteiger partial charge in [-0.1, -0.05) is 30.3 Å². The SMILES string of the molecule is COc1ccc(C(=O)N2CC(S(=O)(=O)NCC(=O)c3cc(-c4ccccc4)cc(C)c3F)C2)cc1. The summed E-state index contributed by atoms with van der Waals surface area (Å²) in [6, 6.07) is 18.8. The second-order valence-corrected chi connectivity index (χ2v) is 10.4. The molecular formula is C26H25FN2O5S. The fraction of sp³-hybridized carbons (Fsp3) is 0.231. The van der Waals surface area contributed by atoms with E-state index in [-0.39, 0.29) is 24.6 Å². The zero-order valence-corrected chi connectivity index (χ0v) is 20.1. The van der Waals surface area contributed by atoms with Crippen molar-refractivity contribution >= 4 is 21.7 Å². The number of likely N-dealkylation sites (tertiary alicyclic amines) is 1. The normalized spacial score (nSPS) is 13.9. The van der Waals surface area contributed by atoms with Crippen molar-refractivity contribution in [1.29, 1.82) is 0 Å². The number of hydrogen-bond acceptors (Lipinski definition) is 5. The Morgan fingerprint density at radius 3 is 2.31 bits per heavy atom. The fourth-order valence-electron chi connectivity index (χ4n) is 3.87. The molecule has 0 aliphatic carbocycles. The van der Waals surface area contributed by atoms with Crippen LogP contribution in [0.4, 0.5) is 4.39 Å². The van der Waals surface area contributed by atoms with Crippen LogP contribution in [0.2, 0.25) is 0 Å². The molecule has 1 aliphatic heterocycles. The van der Waals surface area contributed by atoms with Gasteiger partial charge in [0.1, 0.15) is 16.8 Å². The van der Waals surface area contributed by atoms with Gasteiger partial charge in [-0.25, -0.2) is 17.5 Å². The lowest BCUT2D eigenvalue weighted by Crippen LogP contribution is -2.59. The lowest BCUT2D eigenvalue weighted by molar-refractivity contribution is 0.0657. The summed E-state index contributed by atoms with van der Waals surface area (Å²) in [4.78, 5) is 26.7. The molecule has 0 aromatic heterocycles. The highest BCUT2D eigenvalue weighted by Crippen LogP contribution is 2.25. The van der Waals surface area contributed by atoms with Gasteiger partial charge < -0.3 is 9.64 Å². The number of carbonyl (C=O) groups excluding carboxylic acids is 2. The van der Waals surface area contributed by atoms with Gasteiger partial charge in [0, 0.05) is 18.7 Å². The molecule has 3 aromatic rings. The highest BCUT2D eigenvalue weighted by atomic mass is 32.2. The number of aryl methyl sites for hydroxylation is 1. The number of nitrogens with one attached hydrogen (secondary N) is 1. The van der Waals surface area contributed by atoms with Gasteiger partial charge in [0.2, 0.25) is 10.0 Å². The van der Waals surface area contributed by atoms with E-state index in [1.54, 1.807) is 37.3 Å². The van der Waals surface area contributed by atoms with Crippen LogP contribution < -0.4 is 9.46 Å². The second-order valence-electron chi connectivity index (χ2n) is 8.37. The third-order valence-electron chi connectivity index (χ3n) is 6.01. The van der Waals surface area contributed by atoms with Gasteiger partial charge in [0.25, 0.3) is 5.91 Å². The number of halogens is 1. The lowest BCUT2D eigenvalue weighted by Gasteiger charge is -2.38. The Morgan fingerprint density at radius 2 is 1.69 bits per heavy atom.